The Labute approximate surface area is 127 Å². The van der Waals surface area contributed by atoms with Crippen molar-refractivity contribution >= 4 is 27.4 Å². The van der Waals surface area contributed by atoms with Crippen LogP contribution in [0.1, 0.15) is 24.2 Å². The Hall–Kier alpha value is -1.18. The summed E-state index contributed by atoms with van der Waals surface area (Å²) >= 11 is 5.65. The second-order valence-corrected chi connectivity index (χ2v) is 7.37. The predicted octanol–water partition coefficient (Wildman–Crippen LogP) is 2.62. The van der Waals surface area contributed by atoms with Gasteiger partial charge in [-0.05, 0) is 18.1 Å². The molecule has 0 atom stereocenters. The molecule has 0 aliphatic carbocycles. The van der Waals surface area contributed by atoms with Gasteiger partial charge in [-0.1, -0.05) is 25.4 Å². The van der Waals surface area contributed by atoms with Crippen molar-refractivity contribution in [2.45, 2.75) is 18.7 Å². The number of rotatable bonds is 7. The molecule has 0 fully saturated rings. The molecule has 1 aromatic rings. The van der Waals surface area contributed by atoms with E-state index in [0.29, 0.717) is 6.61 Å². The first-order chi connectivity index (χ1) is 9.65. The number of ether oxygens (including phenoxy) is 1. The summed E-state index contributed by atoms with van der Waals surface area (Å²) in [5, 5.41) is 8.68. The van der Waals surface area contributed by atoms with Crippen LogP contribution in [0.15, 0.2) is 17.0 Å². The van der Waals surface area contributed by atoms with E-state index < -0.39 is 37.8 Å². The van der Waals surface area contributed by atoms with Crippen molar-refractivity contribution in [3.8, 4) is 0 Å². The molecular formula is C13H16ClFO5S. The Balaban J connectivity index is 3.00. The maximum atomic E-state index is 14.0. The molecule has 1 aromatic carbocycles. The minimum atomic E-state index is -4.02. The number of hydrogen-bond donors (Lipinski definition) is 1. The molecule has 21 heavy (non-hydrogen) atoms. The molecule has 0 amide bonds. The minimum Gasteiger partial charge on any atom is -0.478 e. The van der Waals surface area contributed by atoms with Crippen LogP contribution in [-0.4, -0.2) is 38.5 Å². The summed E-state index contributed by atoms with van der Waals surface area (Å²) in [6, 6.07) is 1.77. The van der Waals surface area contributed by atoms with Gasteiger partial charge < -0.3 is 9.84 Å². The number of aromatic carboxylic acids is 1. The van der Waals surface area contributed by atoms with E-state index in [1.165, 1.54) is 0 Å². The molecule has 0 aromatic heterocycles. The molecule has 118 valence electrons. The first-order valence-electron chi connectivity index (χ1n) is 6.18. The van der Waals surface area contributed by atoms with Crippen molar-refractivity contribution in [1.82, 2.24) is 0 Å². The highest BCUT2D eigenvalue weighted by atomic mass is 35.5. The van der Waals surface area contributed by atoms with Crippen LogP contribution in [0.3, 0.4) is 0 Å². The Morgan fingerprint density at radius 1 is 1.43 bits per heavy atom. The third-order valence-electron chi connectivity index (χ3n) is 2.52. The van der Waals surface area contributed by atoms with Crippen LogP contribution in [0.5, 0.6) is 0 Å². The third kappa shape index (κ3) is 4.94. The highest BCUT2D eigenvalue weighted by Crippen LogP contribution is 2.24. The summed E-state index contributed by atoms with van der Waals surface area (Å²) < 4.78 is 43.2. The Kier molecular flexibility index (Phi) is 6.12. The lowest BCUT2D eigenvalue weighted by molar-refractivity contribution is 0.0691. The van der Waals surface area contributed by atoms with E-state index >= 15 is 0 Å². The lowest BCUT2D eigenvalue weighted by Crippen LogP contribution is -2.17. The average molecular weight is 339 g/mol. The summed E-state index contributed by atoms with van der Waals surface area (Å²) in [6.45, 7) is 4.09. The molecule has 0 saturated heterocycles. The highest BCUT2D eigenvalue weighted by molar-refractivity contribution is 7.91. The molecule has 0 spiro atoms. The molecule has 0 aliphatic rings. The Morgan fingerprint density at radius 2 is 2.05 bits per heavy atom. The third-order valence-corrected chi connectivity index (χ3v) is 4.41. The molecule has 0 radical (unpaired) electrons. The first kappa shape index (κ1) is 17.9. The molecule has 0 bridgehead atoms. The first-order valence-corrected chi connectivity index (χ1v) is 8.21. The zero-order chi connectivity index (χ0) is 16.2. The molecule has 0 saturated carbocycles. The zero-order valence-electron chi connectivity index (χ0n) is 11.6. The maximum absolute atomic E-state index is 14.0. The Bertz CT molecular complexity index is 628. The van der Waals surface area contributed by atoms with Gasteiger partial charge in [-0.2, -0.15) is 0 Å². The second kappa shape index (κ2) is 7.20. The number of benzene rings is 1. The highest BCUT2D eigenvalue weighted by Gasteiger charge is 2.25. The molecular weight excluding hydrogens is 323 g/mol. The van der Waals surface area contributed by atoms with Crippen LogP contribution in [0, 0.1) is 11.7 Å². The minimum absolute atomic E-state index is 0.102. The number of carboxylic acids is 1. The van der Waals surface area contributed by atoms with Crippen molar-refractivity contribution < 1.29 is 27.4 Å². The summed E-state index contributed by atoms with van der Waals surface area (Å²) in [5.74, 6) is -3.09. The van der Waals surface area contributed by atoms with Gasteiger partial charge in [-0.3, -0.25) is 0 Å². The normalized spacial score (nSPS) is 11.9. The van der Waals surface area contributed by atoms with Gasteiger partial charge in [-0.25, -0.2) is 17.6 Å². The molecule has 0 unspecified atom stereocenters. The van der Waals surface area contributed by atoms with Gasteiger partial charge in [0.05, 0.1) is 17.9 Å². The van der Waals surface area contributed by atoms with E-state index in [9.17, 15) is 17.6 Å². The quantitative estimate of drug-likeness (QED) is 0.773. The van der Waals surface area contributed by atoms with E-state index in [1.54, 1.807) is 0 Å². The lowest BCUT2D eigenvalue weighted by atomic mass is 10.2. The van der Waals surface area contributed by atoms with Crippen LogP contribution >= 0.6 is 11.6 Å². The van der Waals surface area contributed by atoms with Crippen LogP contribution in [0.4, 0.5) is 4.39 Å². The summed E-state index contributed by atoms with van der Waals surface area (Å²) in [5.41, 5.74) is -0.774. The molecule has 0 aliphatic heterocycles. The van der Waals surface area contributed by atoms with E-state index in [2.05, 4.69) is 0 Å². The monoisotopic (exact) mass is 338 g/mol. The predicted molar refractivity (Wildman–Crippen MR) is 76.1 cm³/mol. The van der Waals surface area contributed by atoms with Crippen LogP contribution in [0.25, 0.3) is 0 Å². The fourth-order valence-electron chi connectivity index (χ4n) is 1.54. The Morgan fingerprint density at radius 3 is 2.57 bits per heavy atom. The number of sulfone groups is 1. The number of hydrogen-bond acceptors (Lipinski definition) is 4. The van der Waals surface area contributed by atoms with Crippen LogP contribution < -0.4 is 0 Å². The fraction of sp³-hybridized carbons (Fsp3) is 0.462. The van der Waals surface area contributed by atoms with Gasteiger partial charge in [-0.15, -0.1) is 0 Å². The average Bonchev–Trinajstić information content (AvgIpc) is 2.36. The largest absolute Gasteiger partial charge is 0.478 e. The molecule has 1 rings (SSSR count). The van der Waals surface area contributed by atoms with Crippen LogP contribution in [0.2, 0.25) is 5.02 Å². The molecule has 1 N–H and O–H groups in total. The smallest absolute Gasteiger partial charge is 0.338 e. The van der Waals surface area contributed by atoms with Crippen molar-refractivity contribution in [1.29, 1.82) is 0 Å². The topological polar surface area (TPSA) is 80.7 Å². The van der Waals surface area contributed by atoms with Crippen molar-refractivity contribution in [3.63, 3.8) is 0 Å². The fourth-order valence-corrected chi connectivity index (χ4v) is 3.07. The van der Waals surface area contributed by atoms with Crippen LogP contribution in [-0.2, 0) is 14.6 Å². The van der Waals surface area contributed by atoms with Crippen molar-refractivity contribution in [2.75, 3.05) is 19.0 Å². The molecule has 5 nitrogen and oxygen atoms in total. The summed E-state index contributed by atoms with van der Waals surface area (Å²) in [7, 11) is -4.02. The summed E-state index contributed by atoms with van der Waals surface area (Å²) in [4.78, 5) is 10.1. The van der Waals surface area contributed by atoms with E-state index in [-0.39, 0.29) is 17.5 Å². The molecule has 0 heterocycles. The number of carbonyl (C=O) groups is 1. The number of halogens is 2. The van der Waals surface area contributed by atoms with E-state index in [0.717, 1.165) is 12.1 Å². The lowest BCUT2D eigenvalue weighted by Gasteiger charge is -2.10. The standard InChI is InChI=1S/C13H16ClFO5S/c1-8(2)7-20-3-4-21(18,19)11-6-9(14)5-10(12(11)15)13(16)17/h5-6,8H,3-4,7H2,1-2H3,(H,16,17). The van der Waals surface area contributed by atoms with Crippen molar-refractivity contribution in [3.05, 3.63) is 28.5 Å². The van der Waals surface area contributed by atoms with Gasteiger partial charge in [0.1, 0.15) is 4.90 Å². The van der Waals surface area contributed by atoms with Gasteiger partial charge in [0, 0.05) is 11.6 Å². The van der Waals surface area contributed by atoms with Gasteiger partial charge in [0.25, 0.3) is 0 Å². The number of carboxylic acid groups (broad SMARTS) is 1. The zero-order valence-corrected chi connectivity index (χ0v) is 13.2. The van der Waals surface area contributed by atoms with Gasteiger partial charge >= 0.3 is 5.97 Å². The van der Waals surface area contributed by atoms with E-state index in [4.69, 9.17) is 21.4 Å². The summed E-state index contributed by atoms with van der Waals surface area (Å²) in [6.07, 6.45) is 0. The van der Waals surface area contributed by atoms with Gasteiger partial charge in [0.2, 0.25) is 0 Å². The van der Waals surface area contributed by atoms with Gasteiger partial charge in [0.15, 0.2) is 15.7 Å². The molecule has 8 heteroatoms. The van der Waals surface area contributed by atoms with E-state index in [1.807, 2.05) is 13.8 Å². The van der Waals surface area contributed by atoms with Crippen molar-refractivity contribution in [2.24, 2.45) is 5.92 Å². The SMILES string of the molecule is CC(C)COCCS(=O)(=O)c1cc(Cl)cc(C(=O)O)c1F. The second-order valence-electron chi connectivity index (χ2n) is 4.86. The maximum Gasteiger partial charge on any atom is 0.338 e.